The average Bonchev–Trinajstić information content (AvgIpc) is 2.36. The maximum absolute atomic E-state index is 12.3. The molecule has 0 aromatic heterocycles. The number of hydrogen-bond acceptors (Lipinski definition) is 1. The molecule has 2 aromatic carbocycles. The summed E-state index contributed by atoms with van der Waals surface area (Å²) in [7, 11) is 0. The van der Waals surface area contributed by atoms with Gasteiger partial charge in [0.05, 0.1) is 5.69 Å². The highest BCUT2D eigenvalue weighted by Gasteiger charge is 2.11. The molecule has 1 amide bonds. The van der Waals surface area contributed by atoms with Gasteiger partial charge in [0, 0.05) is 10.0 Å². The van der Waals surface area contributed by atoms with Crippen molar-refractivity contribution in [2.75, 3.05) is 5.32 Å². The molecular formula is C16H16BrNO. The fourth-order valence-electron chi connectivity index (χ4n) is 1.91. The van der Waals surface area contributed by atoms with Gasteiger partial charge in [-0.15, -0.1) is 0 Å². The van der Waals surface area contributed by atoms with Crippen molar-refractivity contribution >= 4 is 27.5 Å². The quantitative estimate of drug-likeness (QED) is 0.859. The molecule has 3 heteroatoms. The topological polar surface area (TPSA) is 29.1 Å². The molecule has 0 fully saturated rings. The van der Waals surface area contributed by atoms with Crippen molar-refractivity contribution < 1.29 is 4.79 Å². The van der Waals surface area contributed by atoms with Crippen LogP contribution in [-0.2, 0) is 0 Å². The number of nitrogens with one attached hydrogen (secondary N) is 1. The normalized spacial score (nSPS) is 10.3. The van der Waals surface area contributed by atoms with E-state index in [0.717, 1.165) is 26.9 Å². The number of aryl methyl sites for hydroxylation is 3. The van der Waals surface area contributed by atoms with Gasteiger partial charge in [-0.3, -0.25) is 4.79 Å². The number of hydrogen-bond donors (Lipinski definition) is 1. The lowest BCUT2D eigenvalue weighted by molar-refractivity contribution is 0.102. The van der Waals surface area contributed by atoms with Crippen LogP contribution < -0.4 is 5.32 Å². The van der Waals surface area contributed by atoms with Gasteiger partial charge >= 0.3 is 0 Å². The molecule has 0 aliphatic carbocycles. The molecular weight excluding hydrogens is 302 g/mol. The first-order valence-corrected chi connectivity index (χ1v) is 6.91. The SMILES string of the molecule is Cc1ccc(Br)c(NC(=O)c2cc(C)ccc2C)c1. The van der Waals surface area contributed by atoms with Crippen LogP contribution >= 0.6 is 15.9 Å². The third-order valence-electron chi connectivity index (χ3n) is 3.01. The van der Waals surface area contributed by atoms with E-state index in [1.165, 1.54) is 0 Å². The Balaban J connectivity index is 2.30. The van der Waals surface area contributed by atoms with Gasteiger partial charge in [0.15, 0.2) is 0 Å². The Hall–Kier alpha value is -1.61. The highest BCUT2D eigenvalue weighted by molar-refractivity contribution is 9.10. The van der Waals surface area contributed by atoms with Crippen molar-refractivity contribution in [3.63, 3.8) is 0 Å². The van der Waals surface area contributed by atoms with E-state index in [1.807, 2.05) is 57.2 Å². The number of rotatable bonds is 2. The zero-order valence-electron chi connectivity index (χ0n) is 11.3. The zero-order chi connectivity index (χ0) is 14.0. The minimum absolute atomic E-state index is 0.0764. The summed E-state index contributed by atoms with van der Waals surface area (Å²) in [5.41, 5.74) is 4.68. The lowest BCUT2D eigenvalue weighted by atomic mass is 10.0. The Morgan fingerprint density at radius 3 is 2.37 bits per heavy atom. The monoisotopic (exact) mass is 317 g/mol. The Morgan fingerprint density at radius 2 is 1.63 bits per heavy atom. The second-order valence-electron chi connectivity index (χ2n) is 4.76. The summed E-state index contributed by atoms with van der Waals surface area (Å²) < 4.78 is 0.886. The summed E-state index contributed by atoms with van der Waals surface area (Å²) in [5.74, 6) is -0.0764. The van der Waals surface area contributed by atoms with Crippen LogP contribution in [0.15, 0.2) is 40.9 Å². The molecule has 0 aliphatic rings. The third-order valence-corrected chi connectivity index (χ3v) is 3.70. The van der Waals surface area contributed by atoms with Gasteiger partial charge in [-0.2, -0.15) is 0 Å². The van der Waals surface area contributed by atoms with Gasteiger partial charge in [-0.05, 0) is 66.0 Å². The number of halogens is 1. The molecule has 0 saturated heterocycles. The fraction of sp³-hybridized carbons (Fsp3) is 0.188. The van der Waals surface area contributed by atoms with Crippen molar-refractivity contribution in [2.45, 2.75) is 20.8 Å². The summed E-state index contributed by atoms with van der Waals surface area (Å²) in [6, 6.07) is 11.8. The van der Waals surface area contributed by atoms with E-state index in [9.17, 15) is 4.79 Å². The Bertz CT molecular complexity index is 635. The predicted molar refractivity (Wildman–Crippen MR) is 82.7 cm³/mol. The lowest BCUT2D eigenvalue weighted by Crippen LogP contribution is -2.14. The molecule has 2 nitrogen and oxygen atoms in total. The Morgan fingerprint density at radius 1 is 1.00 bits per heavy atom. The van der Waals surface area contributed by atoms with E-state index in [2.05, 4.69) is 21.2 Å². The Kier molecular flexibility index (Phi) is 4.05. The molecule has 0 unspecified atom stereocenters. The van der Waals surface area contributed by atoms with E-state index < -0.39 is 0 Å². The molecule has 0 heterocycles. The minimum Gasteiger partial charge on any atom is -0.321 e. The number of carbonyl (C=O) groups excluding carboxylic acids is 1. The van der Waals surface area contributed by atoms with Crippen molar-refractivity contribution in [1.82, 2.24) is 0 Å². The van der Waals surface area contributed by atoms with Gasteiger partial charge in [-0.1, -0.05) is 23.8 Å². The van der Waals surface area contributed by atoms with E-state index in [1.54, 1.807) is 0 Å². The van der Waals surface area contributed by atoms with Crippen LogP contribution in [-0.4, -0.2) is 5.91 Å². The molecule has 19 heavy (non-hydrogen) atoms. The van der Waals surface area contributed by atoms with E-state index in [4.69, 9.17) is 0 Å². The number of anilines is 1. The first-order valence-electron chi connectivity index (χ1n) is 6.12. The van der Waals surface area contributed by atoms with Crippen LogP contribution in [0.1, 0.15) is 27.0 Å². The third kappa shape index (κ3) is 3.24. The molecule has 0 spiro atoms. The highest BCUT2D eigenvalue weighted by Crippen LogP contribution is 2.24. The number of amides is 1. The van der Waals surface area contributed by atoms with Crippen LogP contribution in [0.25, 0.3) is 0 Å². The second kappa shape index (κ2) is 5.57. The van der Waals surface area contributed by atoms with Crippen LogP contribution in [0, 0.1) is 20.8 Å². The predicted octanol–water partition coefficient (Wildman–Crippen LogP) is 4.63. The summed E-state index contributed by atoms with van der Waals surface area (Å²) in [4.78, 5) is 12.3. The standard InChI is InChI=1S/C16H16BrNO/c1-10-4-6-12(3)13(8-10)16(19)18-15-9-11(2)5-7-14(15)17/h4-9H,1-3H3,(H,18,19). The molecule has 0 bridgehead atoms. The summed E-state index contributed by atoms with van der Waals surface area (Å²) >= 11 is 3.45. The Labute approximate surface area is 122 Å². The first kappa shape index (κ1) is 13.8. The van der Waals surface area contributed by atoms with Gasteiger partial charge in [0.25, 0.3) is 5.91 Å². The highest BCUT2D eigenvalue weighted by atomic mass is 79.9. The van der Waals surface area contributed by atoms with Crippen molar-refractivity contribution in [3.8, 4) is 0 Å². The number of benzene rings is 2. The molecule has 0 aliphatic heterocycles. The molecule has 0 atom stereocenters. The smallest absolute Gasteiger partial charge is 0.255 e. The first-order chi connectivity index (χ1) is 8.97. The van der Waals surface area contributed by atoms with Gasteiger partial charge in [-0.25, -0.2) is 0 Å². The summed E-state index contributed by atoms with van der Waals surface area (Å²) in [5, 5.41) is 2.95. The average molecular weight is 318 g/mol. The number of carbonyl (C=O) groups is 1. The maximum atomic E-state index is 12.3. The van der Waals surface area contributed by atoms with Crippen molar-refractivity contribution in [2.24, 2.45) is 0 Å². The fourth-order valence-corrected chi connectivity index (χ4v) is 2.25. The minimum atomic E-state index is -0.0764. The summed E-state index contributed by atoms with van der Waals surface area (Å²) in [6.07, 6.45) is 0. The zero-order valence-corrected chi connectivity index (χ0v) is 12.8. The molecule has 1 N–H and O–H groups in total. The summed E-state index contributed by atoms with van der Waals surface area (Å²) in [6.45, 7) is 5.93. The van der Waals surface area contributed by atoms with Crippen molar-refractivity contribution in [1.29, 1.82) is 0 Å². The van der Waals surface area contributed by atoms with Crippen LogP contribution in [0.2, 0.25) is 0 Å². The molecule has 98 valence electrons. The van der Waals surface area contributed by atoms with Crippen LogP contribution in [0.5, 0.6) is 0 Å². The lowest BCUT2D eigenvalue weighted by Gasteiger charge is -2.10. The second-order valence-corrected chi connectivity index (χ2v) is 5.61. The molecule has 2 rings (SSSR count). The molecule has 2 aromatic rings. The van der Waals surface area contributed by atoms with E-state index >= 15 is 0 Å². The molecule has 0 saturated carbocycles. The van der Waals surface area contributed by atoms with Crippen LogP contribution in [0.3, 0.4) is 0 Å². The largest absolute Gasteiger partial charge is 0.321 e. The van der Waals surface area contributed by atoms with Gasteiger partial charge < -0.3 is 5.32 Å². The van der Waals surface area contributed by atoms with E-state index in [0.29, 0.717) is 5.56 Å². The van der Waals surface area contributed by atoms with E-state index in [-0.39, 0.29) is 5.91 Å². The van der Waals surface area contributed by atoms with Gasteiger partial charge in [0.1, 0.15) is 0 Å². The molecule has 0 radical (unpaired) electrons. The van der Waals surface area contributed by atoms with Crippen molar-refractivity contribution in [3.05, 3.63) is 63.1 Å². The maximum Gasteiger partial charge on any atom is 0.255 e. The van der Waals surface area contributed by atoms with Crippen LogP contribution in [0.4, 0.5) is 5.69 Å². The van der Waals surface area contributed by atoms with Gasteiger partial charge in [0.2, 0.25) is 0 Å².